The molecule has 0 radical (unpaired) electrons. The van der Waals surface area contributed by atoms with Crippen LogP contribution < -0.4 is 5.32 Å². The highest BCUT2D eigenvalue weighted by molar-refractivity contribution is 5.80. The molecule has 0 aliphatic carbocycles. The van der Waals surface area contributed by atoms with Gasteiger partial charge in [-0.05, 0) is 83.5 Å². The fraction of sp³-hybridized carbons (Fsp3) is 0.750. The minimum Gasteiger partial charge on any atom is -0.454 e. The molecule has 6 N–H and O–H groups in total. The van der Waals surface area contributed by atoms with Gasteiger partial charge >= 0.3 is 5.97 Å². The topological polar surface area (TPSA) is 175 Å². The molecule has 1 rings (SSSR count). The lowest BCUT2D eigenvalue weighted by molar-refractivity contribution is -0.305. The Hall–Kier alpha value is -3.42. The maximum atomic E-state index is 13.4. The largest absolute Gasteiger partial charge is 0.454 e. The fourth-order valence-electron chi connectivity index (χ4n) is 10.2. The number of allylic oxidation sites excluding steroid dienone is 15. The molecule has 0 spiro atoms. The van der Waals surface area contributed by atoms with Gasteiger partial charge < -0.3 is 45.1 Å². The number of aliphatic hydroxyl groups excluding tert-OH is 5. The van der Waals surface area contributed by atoms with Crippen LogP contribution in [-0.2, 0) is 23.8 Å². The van der Waals surface area contributed by atoms with Gasteiger partial charge in [-0.25, -0.2) is 0 Å². The summed E-state index contributed by atoms with van der Waals surface area (Å²) >= 11 is 0. The zero-order valence-electron chi connectivity index (χ0n) is 53.0. The van der Waals surface area contributed by atoms with E-state index in [1.54, 1.807) is 6.08 Å². The van der Waals surface area contributed by atoms with E-state index in [0.29, 0.717) is 12.8 Å². The number of amides is 1. The van der Waals surface area contributed by atoms with Gasteiger partial charge in [0.15, 0.2) is 12.4 Å². The number of hydrogen-bond acceptors (Lipinski definition) is 10. The molecule has 478 valence electrons. The van der Waals surface area contributed by atoms with Gasteiger partial charge in [-0.3, -0.25) is 9.59 Å². The number of rotatable bonds is 57. The lowest BCUT2D eigenvalue weighted by atomic mass is 9.99. The Bertz CT molecular complexity index is 1720. The van der Waals surface area contributed by atoms with E-state index in [9.17, 15) is 35.1 Å². The molecule has 1 aliphatic heterocycles. The number of ether oxygens (including phenoxy) is 3. The van der Waals surface area contributed by atoms with Crippen molar-refractivity contribution < 1.29 is 49.3 Å². The van der Waals surface area contributed by atoms with Crippen LogP contribution in [0, 0.1) is 0 Å². The predicted molar refractivity (Wildman–Crippen MR) is 347 cm³/mol. The van der Waals surface area contributed by atoms with Gasteiger partial charge in [-0.2, -0.15) is 0 Å². The average Bonchev–Trinajstić information content (AvgIpc) is 3.51. The van der Waals surface area contributed by atoms with Gasteiger partial charge in [0.1, 0.15) is 24.4 Å². The molecule has 1 amide bonds. The van der Waals surface area contributed by atoms with E-state index >= 15 is 0 Å². The van der Waals surface area contributed by atoms with Crippen LogP contribution in [0.25, 0.3) is 0 Å². The van der Waals surface area contributed by atoms with Crippen molar-refractivity contribution in [3.63, 3.8) is 0 Å². The van der Waals surface area contributed by atoms with Crippen LogP contribution in [0.2, 0.25) is 0 Å². The number of aliphatic hydroxyl groups is 5. The molecule has 1 saturated heterocycles. The maximum Gasteiger partial charge on any atom is 0.306 e. The number of carbonyl (C=O) groups is 2. The summed E-state index contributed by atoms with van der Waals surface area (Å²) < 4.78 is 17.7. The van der Waals surface area contributed by atoms with Crippen molar-refractivity contribution in [2.24, 2.45) is 0 Å². The minimum absolute atomic E-state index is 0.116. The zero-order valence-corrected chi connectivity index (χ0v) is 53.0. The minimum atomic E-state index is -1.62. The Labute approximate surface area is 507 Å². The van der Waals surface area contributed by atoms with Gasteiger partial charge in [0.2, 0.25) is 5.91 Å². The molecule has 11 nitrogen and oxygen atoms in total. The Morgan fingerprint density at radius 2 is 0.916 bits per heavy atom. The van der Waals surface area contributed by atoms with E-state index in [0.717, 1.165) is 83.5 Å². The van der Waals surface area contributed by atoms with Gasteiger partial charge in [-0.1, -0.05) is 291 Å². The number of nitrogens with one attached hydrogen (secondary N) is 1. The first-order valence-corrected chi connectivity index (χ1v) is 34.1. The summed E-state index contributed by atoms with van der Waals surface area (Å²) in [4.78, 5) is 26.6. The number of carbonyl (C=O) groups excluding carboxylic acids is 2. The van der Waals surface area contributed by atoms with Crippen molar-refractivity contribution in [3.8, 4) is 0 Å². The second-order valence-electron chi connectivity index (χ2n) is 23.3. The maximum absolute atomic E-state index is 13.4. The molecule has 83 heavy (non-hydrogen) atoms. The quantitative estimate of drug-likeness (QED) is 0.0149. The summed E-state index contributed by atoms with van der Waals surface area (Å²) in [6, 6.07) is -1.04. The molecular weight excluding hydrogens is 1040 g/mol. The van der Waals surface area contributed by atoms with Gasteiger partial charge in [-0.15, -0.1) is 0 Å². The van der Waals surface area contributed by atoms with Gasteiger partial charge in [0, 0.05) is 6.42 Å². The third-order valence-electron chi connectivity index (χ3n) is 15.6. The molecule has 8 atom stereocenters. The summed E-state index contributed by atoms with van der Waals surface area (Å²) in [5.74, 6) is -1.22. The van der Waals surface area contributed by atoms with E-state index in [2.05, 4.69) is 74.7 Å². The molecule has 0 aromatic heterocycles. The predicted octanol–water partition coefficient (Wildman–Crippen LogP) is 17.1. The summed E-state index contributed by atoms with van der Waals surface area (Å²) in [6.45, 7) is 5.62. The standard InChI is InChI=1S/C72H125NO10/c1-4-7-10-13-16-19-22-25-27-28-29-30-31-32-33-34-35-36-37-38-39-42-45-48-51-54-57-60-67(77)83-70-69(79)68(78)66(61-74)82-72(70)81-62-63(64(75)58-55-52-49-46-43-40-24-21-18-15-12-9-6-3)73-71(80)65(76)59-56-53-50-47-44-41-26-23-20-17-14-11-8-5-2/h8,11,14,16-17,19-20,23,25-27,29-30,41,55,58,63-66,68-70,72,74-76,78-79H,4-7,9-10,12-13,15,18,21-22,24,28,31-40,42-54,56-57,59-62H2,1-3H3,(H,73,80)/b11-8+,17-14+,19-16-,23-20+,27-25-,30-29-,41-26-,58-55+. The van der Waals surface area contributed by atoms with Gasteiger partial charge in [0.05, 0.1) is 25.4 Å². The van der Waals surface area contributed by atoms with Crippen molar-refractivity contribution in [1.82, 2.24) is 5.32 Å². The molecule has 1 fully saturated rings. The third-order valence-corrected chi connectivity index (χ3v) is 15.6. The first-order valence-electron chi connectivity index (χ1n) is 34.1. The number of hydrogen-bond donors (Lipinski definition) is 6. The van der Waals surface area contributed by atoms with Crippen molar-refractivity contribution in [1.29, 1.82) is 0 Å². The Kier molecular flexibility index (Phi) is 55.1. The van der Waals surface area contributed by atoms with E-state index in [1.807, 2.05) is 42.5 Å². The molecule has 0 saturated carbocycles. The molecule has 0 aromatic rings. The summed E-state index contributed by atoms with van der Waals surface area (Å²) in [7, 11) is 0. The normalized spacial score (nSPS) is 19.2. The number of unbranched alkanes of at least 4 members (excludes halogenated alkanes) is 32. The van der Waals surface area contributed by atoms with Crippen molar-refractivity contribution >= 4 is 11.9 Å². The van der Waals surface area contributed by atoms with Crippen LogP contribution in [0.1, 0.15) is 284 Å². The van der Waals surface area contributed by atoms with E-state index < -0.39 is 67.4 Å². The molecule has 1 heterocycles. The lowest BCUT2D eigenvalue weighted by Crippen LogP contribution is -2.61. The van der Waals surface area contributed by atoms with Crippen LogP contribution in [0.5, 0.6) is 0 Å². The van der Waals surface area contributed by atoms with Crippen molar-refractivity contribution in [3.05, 3.63) is 97.2 Å². The van der Waals surface area contributed by atoms with E-state index in [4.69, 9.17) is 14.2 Å². The van der Waals surface area contributed by atoms with E-state index in [-0.39, 0.29) is 19.4 Å². The Balaban J connectivity index is 2.57. The molecular formula is C72H125NO10. The Morgan fingerprint density at radius 3 is 1.43 bits per heavy atom. The molecule has 1 aliphatic rings. The third kappa shape index (κ3) is 46.5. The highest BCUT2D eigenvalue weighted by atomic mass is 16.7. The summed E-state index contributed by atoms with van der Waals surface area (Å²) in [6.07, 6.45) is 68.8. The second kappa shape index (κ2) is 58.9. The molecule has 8 unspecified atom stereocenters. The first kappa shape index (κ1) is 77.6. The summed E-state index contributed by atoms with van der Waals surface area (Å²) in [5.41, 5.74) is 0. The number of esters is 1. The van der Waals surface area contributed by atoms with Crippen molar-refractivity contribution in [2.75, 3.05) is 13.2 Å². The fourth-order valence-corrected chi connectivity index (χ4v) is 10.2. The van der Waals surface area contributed by atoms with Crippen LogP contribution in [0.4, 0.5) is 0 Å². The first-order chi connectivity index (χ1) is 40.7. The van der Waals surface area contributed by atoms with Crippen LogP contribution >= 0.6 is 0 Å². The highest BCUT2D eigenvalue weighted by Crippen LogP contribution is 2.26. The smallest absolute Gasteiger partial charge is 0.306 e. The zero-order chi connectivity index (χ0) is 60.3. The highest BCUT2D eigenvalue weighted by Gasteiger charge is 2.47. The van der Waals surface area contributed by atoms with Crippen LogP contribution in [0.3, 0.4) is 0 Å². The monoisotopic (exact) mass is 1160 g/mol. The van der Waals surface area contributed by atoms with Crippen molar-refractivity contribution in [2.45, 2.75) is 333 Å². The lowest BCUT2D eigenvalue weighted by Gasteiger charge is -2.41. The van der Waals surface area contributed by atoms with Crippen LogP contribution in [0.15, 0.2) is 97.2 Å². The van der Waals surface area contributed by atoms with E-state index in [1.165, 1.54) is 154 Å². The second-order valence-corrected chi connectivity index (χ2v) is 23.3. The molecule has 11 heteroatoms. The van der Waals surface area contributed by atoms with Crippen LogP contribution in [-0.4, -0.2) is 99.6 Å². The summed E-state index contributed by atoms with van der Waals surface area (Å²) in [5, 5.41) is 57.1. The molecule has 0 bridgehead atoms. The molecule has 0 aromatic carbocycles. The van der Waals surface area contributed by atoms with Gasteiger partial charge in [0.25, 0.3) is 0 Å². The average molecular weight is 1160 g/mol. The Morgan fingerprint density at radius 1 is 0.494 bits per heavy atom. The SMILES string of the molecule is CC/C=C/C=C/C=C/C=C\CCCCCCC(O)C(=O)NC(COC1OC(CO)C(O)C(O)C1OC(=O)CCCCCCCCCCCCCCCC/C=C\C/C=C\C/C=C\CCCCC)C(O)/C=C/CCCCCCCCCCCCC.